The van der Waals surface area contributed by atoms with Crippen LogP contribution in [0.25, 0.3) is 22.6 Å². The van der Waals surface area contributed by atoms with Gasteiger partial charge in [-0.15, -0.1) is 0 Å². The van der Waals surface area contributed by atoms with E-state index in [-0.39, 0.29) is 11.9 Å². The van der Waals surface area contributed by atoms with Crippen molar-refractivity contribution in [1.29, 1.82) is 5.26 Å². The summed E-state index contributed by atoms with van der Waals surface area (Å²) >= 11 is 0. The molecule has 0 aliphatic heterocycles. The van der Waals surface area contributed by atoms with Crippen molar-refractivity contribution in [2.75, 3.05) is 0 Å². The smallest absolute Gasteiger partial charge is 0.252 e. The predicted octanol–water partition coefficient (Wildman–Crippen LogP) is 4.31. The number of benzene rings is 2. The summed E-state index contributed by atoms with van der Waals surface area (Å²) in [7, 11) is 0. The van der Waals surface area contributed by atoms with Crippen molar-refractivity contribution < 1.29 is 9.32 Å². The summed E-state index contributed by atoms with van der Waals surface area (Å²) in [6, 6.07) is 18.3. The second-order valence-corrected chi connectivity index (χ2v) is 7.37. The van der Waals surface area contributed by atoms with Gasteiger partial charge in [0.25, 0.3) is 5.91 Å². The van der Waals surface area contributed by atoms with Crippen LogP contribution in [0.4, 0.5) is 0 Å². The second kappa shape index (κ2) is 8.72. The minimum atomic E-state index is -0.559. The summed E-state index contributed by atoms with van der Waals surface area (Å²) in [6.07, 6.45) is 0. The Labute approximate surface area is 170 Å². The topological polar surface area (TPSA) is 105 Å². The Bertz CT molecular complexity index is 1030. The maximum Gasteiger partial charge on any atom is 0.252 e. The van der Waals surface area contributed by atoms with E-state index in [0.29, 0.717) is 22.9 Å². The normalized spacial score (nSPS) is 13.0. The van der Waals surface area contributed by atoms with Crippen LogP contribution in [0, 0.1) is 17.2 Å². The highest BCUT2D eigenvalue weighted by Gasteiger charge is 2.14. The molecule has 0 aliphatic rings. The van der Waals surface area contributed by atoms with E-state index in [2.05, 4.69) is 24.3 Å². The molecule has 0 bridgehead atoms. The van der Waals surface area contributed by atoms with E-state index >= 15 is 0 Å². The van der Waals surface area contributed by atoms with Gasteiger partial charge in [0, 0.05) is 28.8 Å². The molecule has 2 atom stereocenters. The monoisotopic (exact) mass is 388 g/mol. The number of nitrogens with one attached hydrogen (secondary N) is 1. The summed E-state index contributed by atoms with van der Waals surface area (Å²) in [5.74, 6) is 0.692. The third-order valence-corrected chi connectivity index (χ3v) is 4.77. The lowest BCUT2D eigenvalue weighted by Gasteiger charge is -2.15. The lowest BCUT2D eigenvalue weighted by molar-refractivity contribution is 0.0948. The fraction of sp³-hybridized carbons (Fsp3) is 0.261. The Morgan fingerprint density at radius 2 is 1.83 bits per heavy atom. The van der Waals surface area contributed by atoms with Crippen LogP contribution >= 0.6 is 0 Å². The Morgan fingerprint density at radius 3 is 2.48 bits per heavy atom. The fourth-order valence-corrected chi connectivity index (χ4v) is 2.93. The third-order valence-electron chi connectivity index (χ3n) is 4.77. The number of aromatic nitrogens is 1. The molecule has 0 aliphatic carbocycles. The summed E-state index contributed by atoms with van der Waals surface area (Å²) < 4.78 is 5.51. The molecule has 1 unspecified atom stereocenters. The minimum absolute atomic E-state index is 0.00743. The van der Waals surface area contributed by atoms with E-state index in [1.54, 1.807) is 25.1 Å². The highest BCUT2D eigenvalue weighted by Crippen LogP contribution is 2.28. The second-order valence-electron chi connectivity index (χ2n) is 7.37. The molecule has 3 N–H and O–H groups in total. The standard InChI is InChI=1S/C23H24N4O2/c1-14(2)22(25)17-9-7-16(8-10-17)21-12-20(27-29-21)18-5-4-6-19(11-18)23(28)26-15(3)13-24/h4-12,14-15,22H,25H2,1-3H3,(H,26,28)/t15-,22?/m1/s1. The van der Waals surface area contributed by atoms with Crippen LogP contribution in [0.1, 0.15) is 42.7 Å². The van der Waals surface area contributed by atoms with Crippen LogP contribution in [0.2, 0.25) is 0 Å². The summed E-state index contributed by atoms with van der Waals surface area (Å²) in [5, 5.41) is 15.6. The van der Waals surface area contributed by atoms with E-state index in [1.807, 2.05) is 42.5 Å². The van der Waals surface area contributed by atoms with Crippen molar-refractivity contribution in [2.24, 2.45) is 11.7 Å². The molecule has 0 saturated carbocycles. The zero-order valence-corrected chi connectivity index (χ0v) is 16.7. The van der Waals surface area contributed by atoms with E-state index in [9.17, 15) is 4.79 Å². The number of carbonyl (C=O) groups excluding carboxylic acids is 1. The number of nitrogens with two attached hydrogens (primary N) is 1. The molecule has 0 spiro atoms. The number of hydrogen-bond acceptors (Lipinski definition) is 5. The Hall–Kier alpha value is -3.43. The van der Waals surface area contributed by atoms with Crippen LogP contribution in [0.5, 0.6) is 0 Å². The molecular formula is C23H24N4O2. The molecule has 1 heterocycles. The zero-order chi connectivity index (χ0) is 21.0. The molecule has 2 aromatic carbocycles. The van der Waals surface area contributed by atoms with E-state index in [0.717, 1.165) is 16.7 Å². The van der Waals surface area contributed by atoms with Crippen molar-refractivity contribution in [3.63, 3.8) is 0 Å². The lowest BCUT2D eigenvalue weighted by Crippen LogP contribution is -2.31. The average molecular weight is 388 g/mol. The van der Waals surface area contributed by atoms with E-state index in [4.69, 9.17) is 15.5 Å². The molecule has 3 rings (SSSR count). The first-order valence-electron chi connectivity index (χ1n) is 9.52. The molecule has 1 aromatic heterocycles. The maximum atomic E-state index is 12.2. The van der Waals surface area contributed by atoms with E-state index in [1.165, 1.54) is 0 Å². The zero-order valence-electron chi connectivity index (χ0n) is 16.7. The first-order valence-corrected chi connectivity index (χ1v) is 9.52. The van der Waals surface area contributed by atoms with Gasteiger partial charge < -0.3 is 15.6 Å². The Kier molecular flexibility index (Phi) is 6.10. The van der Waals surface area contributed by atoms with Gasteiger partial charge >= 0.3 is 0 Å². The van der Waals surface area contributed by atoms with Gasteiger partial charge in [-0.05, 0) is 30.5 Å². The molecule has 6 nitrogen and oxygen atoms in total. The van der Waals surface area contributed by atoms with Gasteiger partial charge in [-0.3, -0.25) is 4.79 Å². The number of nitriles is 1. The minimum Gasteiger partial charge on any atom is -0.356 e. The van der Waals surface area contributed by atoms with Crippen LogP contribution in [0.3, 0.4) is 0 Å². The van der Waals surface area contributed by atoms with Crippen LogP contribution < -0.4 is 11.1 Å². The lowest BCUT2D eigenvalue weighted by atomic mass is 9.96. The average Bonchev–Trinajstić information content (AvgIpc) is 3.23. The number of rotatable bonds is 6. The van der Waals surface area contributed by atoms with Gasteiger partial charge in [0.2, 0.25) is 0 Å². The van der Waals surface area contributed by atoms with Gasteiger partial charge in [0.05, 0.1) is 6.07 Å². The molecule has 6 heteroatoms. The van der Waals surface area contributed by atoms with Crippen molar-refractivity contribution in [1.82, 2.24) is 10.5 Å². The van der Waals surface area contributed by atoms with E-state index < -0.39 is 6.04 Å². The molecule has 1 amide bonds. The van der Waals surface area contributed by atoms with Crippen molar-refractivity contribution in [3.8, 4) is 28.7 Å². The van der Waals surface area contributed by atoms with Crippen LogP contribution in [-0.2, 0) is 0 Å². The van der Waals surface area contributed by atoms with Crippen molar-refractivity contribution in [3.05, 3.63) is 65.7 Å². The summed E-state index contributed by atoms with van der Waals surface area (Å²) in [4.78, 5) is 12.2. The van der Waals surface area contributed by atoms with Gasteiger partial charge in [-0.25, -0.2) is 0 Å². The van der Waals surface area contributed by atoms with Crippen LogP contribution in [-0.4, -0.2) is 17.1 Å². The Morgan fingerprint density at radius 1 is 1.10 bits per heavy atom. The number of amides is 1. The highest BCUT2D eigenvalue weighted by atomic mass is 16.5. The largest absolute Gasteiger partial charge is 0.356 e. The van der Waals surface area contributed by atoms with Crippen LogP contribution in [0.15, 0.2) is 59.1 Å². The van der Waals surface area contributed by atoms with Gasteiger partial charge in [-0.2, -0.15) is 5.26 Å². The number of hydrogen-bond donors (Lipinski definition) is 2. The molecule has 0 fully saturated rings. The maximum absolute atomic E-state index is 12.2. The summed E-state index contributed by atoms with van der Waals surface area (Å²) in [5.41, 5.74) is 10.0. The molecule has 0 saturated heterocycles. The van der Waals surface area contributed by atoms with Crippen molar-refractivity contribution >= 4 is 5.91 Å². The van der Waals surface area contributed by atoms with Gasteiger partial charge in [0.1, 0.15) is 11.7 Å². The quantitative estimate of drug-likeness (QED) is 0.655. The predicted molar refractivity (Wildman–Crippen MR) is 112 cm³/mol. The highest BCUT2D eigenvalue weighted by molar-refractivity contribution is 5.95. The van der Waals surface area contributed by atoms with Crippen molar-refractivity contribution in [2.45, 2.75) is 32.9 Å². The molecule has 29 heavy (non-hydrogen) atoms. The van der Waals surface area contributed by atoms with Gasteiger partial charge in [-0.1, -0.05) is 55.4 Å². The molecule has 3 aromatic rings. The third kappa shape index (κ3) is 4.71. The summed E-state index contributed by atoms with van der Waals surface area (Å²) in [6.45, 7) is 5.82. The molecule has 148 valence electrons. The first-order chi connectivity index (χ1) is 13.9. The SMILES string of the molecule is CC(C)C(N)c1ccc(-c2cc(-c3cccc(C(=O)N[C@H](C)C#N)c3)no2)cc1. The Balaban J connectivity index is 1.81. The van der Waals surface area contributed by atoms with Gasteiger partial charge in [0.15, 0.2) is 5.76 Å². The fourth-order valence-electron chi connectivity index (χ4n) is 2.93. The molecular weight excluding hydrogens is 364 g/mol. The number of nitrogens with zero attached hydrogens (tertiary/aromatic N) is 2. The first kappa shape index (κ1) is 20.3. The molecule has 0 radical (unpaired) electrons. The number of carbonyl (C=O) groups is 1.